The molecule has 0 radical (unpaired) electrons. The minimum atomic E-state index is -0.548. The standard InChI is InChI=1S/C16H20O4/c1-10(2)12-9-13(11(3)8-15(12)19-4)14(17)6-7-16(18)20-5/h6-10H,1-5H3/b7-6+. The Hall–Kier alpha value is -2.10. The van der Waals surface area contributed by atoms with E-state index in [1.807, 2.05) is 32.9 Å². The van der Waals surface area contributed by atoms with Gasteiger partial charge in [0.15, 0.2) is 5.78 Å². The fraction of sp³-hybridized carbons (Fsp3) is 0.375. The molecule has 0 aliphatic heterocycles. The number of benzene rings is 1. The summed E-state index contributed by atoms with van der Waals surface area (Å²) in [5.41, 5.74) is 2.34. The van der Waals surface area contributed by atoms with E-state index in [9.17, 15) is 9.59 Å². The van der Waals surface area contributed by atoms with Crippen molar-refractivity contribution in [2.75, 3.05) is 14.2 Å². The lowest BCUT2D eigenvalue weighted by molar-refractivity contribution is -0.134. The lowest BCUT2D eigenvalue weighted by Crippen LogP contribution is -2.04. The second-order valence-electron chi connectivity index (χ2n) is 4.78. The highest BCUT2D eigenvalue weighted by molar-refractivity contribution is 6.08. The van der Waals surface area contributed by atoms with Crippen LogP contribution in [0, 0.1) is 6.92 Å². The number of hydrogen-bond donors (Lipinski definition) is 0. The predicted octanol–water partition coefficient (Wildman–Crippen LogP) is 3.04. The van der Waals surface area contributed by atoms with Gasteiger partial charge in [-0.1, -0.05) is 13.8 Å². The molecule has 0 heterocycles. The van der Waals surface area contributed by atoms with Crippen molar-refractivity contribution in [2.45, 2.75) is 26.7 Å². The molecule has 0 saturated carbocycles. The highest BCUT2D eigenvalue weighted by Gasteiger charge is 2.14. The zero-order valence-electron chi connectivity index (χ0n) is 12.5. The summed E-state index contributed by atoms with van der Waals surface area (Å²) in [6.45, 7) is 5.91. The molecule has 4 nitrogen and oxygen atoms in total. The SMILES string of the molecule is COC(=O)/C=C/C(=O)c1cc(C(C)C)c(OC)cc1C. The minimum Gasteiger partial charge on any atom is -0.496 e. The Labute approximate surface area is 119 Å². The maximum atomic E-state index is 12.1. The van der Waals surface area contributed by atoms with Crippen LogP contribution in [0.4, 0.5) is 0 Å². The van der Waals surface area contributed by atoms with E-state index in [4.69, 9.17) is 4.74 Å². The summed E-state index contributed by atoms with van der Waals surface area (Å²) in [4.78, 5) is 23.2. The molecule has 0 atom stereocenters. The normalized spacial score (nSPS) is 10.9. The molecule has 1 rings (SSSR count). The van der Waals surface area contributed by atoms with Crippen LogP contribution in [0.3, 0.4) is 0 Å². The summed E-state index contributed by atoms with van der Waals surface area (Å²) in [6.07, 6.45) is 2.35. The van der Waals surface area contributed by atoms with Crippen LogP contribution in [0.5, 0.6) is 5.75 Å². The van der Waals surface area contributed by atoms with Crippen molar-refractivity contribution in [3.63, 3.8) is 0 Å². The molecule has 4 heteroatoms. The summed E-state index contributed by atoms with van der Waals surface area (Å²) in [5, 5.41) is 0. The van der Waals surface area contributed by atoms with Gasteiger partial charge in [0.25, 0.3) is 0 Å². The number of ether oxygens (including phenoxy) is 2. The first-order chi connectivity index (χ1) is 9.40. The quantitative estimate of drug-likeness (QED) is 0.471. The van der Waals surface area contributed by atoms with E-state index in [2.05, 4.69) is 4.74 Å². The van der Waals surface area contributed by atoms with Crippen molar-refractivity contribution >= 4 is 11.8 Å². The number of methoxy groups -OCH3 is 2. The molecular formula is C16H20O4. The third-order valence-electron chi connectivity index (χ3n) is 3.04. The molecule has 0 spiro atoms. The highest BCUT2D eigenvalue weighted by Crippen LogP contribution is 2.29. The van der Waals surface area contributed by atoms with E-state index in [0.717, 1.165) is 23.0 Å². The number of hydrogen-bond acceptors (Lipinski definition) is 4. The van der Waals surface area contributed by atoms with Crippen molar-refractivity contribution in [3.8, 4) is 5.75 Å². The number of esters is 1. The van der Waals surface area contributed by atoms with Crippen LogP contribution < -0.4 is 4.74 Å². The van der Waals surface area contributed by atoms with Crippen LogP contribution in [0.2, 0.25) is 0 Å². The maximum Gasteiger partial charge on any atom is 0.330 e. The van der Waals surface area contributed by atoms with E-state index < -0.39 is 5.97 Å². The number of ketones is 1. The molecule has 0 fully saturated rings. The van der Waals surface area contributed by atoms with Crippen molar-refractivity contribution < 1.29 is 19.1 Å². The van der Waals surface area contributed by atoms with Gasteiger partial charge in [-0.2, -0.15) is 0 Å². The summed E-state index contributed by atoms with van der Waals surface area (Å²) in [6, 6.07) is 3.66. The molecule has 0 saturated heterocycles. The van der Waals surface area contributed by atoms with Crippen LogP contribution in [0.25, 0.3) is 0 Å². The molecular weight excluding hydrogens is 256 g/mol. The molecule has 108 valence electrons. The van der Waals surface area contributed by atoms with Crippen LogP contribution in [0.1, 0.15) is 41.3 Å². The Morgan fingerprint density at radius 3 is 2.30 bits per heavy atom. The van der Waals surface area contributed by atoms with Crippen LogP contribution >= 0.6 is 0 Å². The van der Waals surface area contributed by atoms with Crippen molar-refractivity contribution in [2.24, 2.45) is 0 Å². The molecule has 0 N–H and O–H groups in total. The number of carbonyl (C=O) groups is 2. The molecule has 1 aromatic carbocycles. The van der Waals surface area contributed by atoms with Gasteiger partial charge in [0, 0.05) is 11.6 Å². The first kappa shape index (κ1) is 16.0. The first-order valence-corrected chi connectivity index (χ1v) is 6.39. The smallest absolute Gasteiger partial charge is 0.330 e. The van der Waals surface area contributed by atoms with Gasteiger partial charge in [-0.3, -0.25) is 4.79 Å². The summed E-state index contributed by atoms with van der Waals surface area (Å²) >= 11 is 0. The molecule has 20 heavy (non-hydrogen) atoms. The van der Waals surface area contributed by atoms with Gasteiger partial charge in [-0.15, -0.1) is 0 Å². The van der Waals surface area contributed by atoms with Crippen LogP contribution in [-0.2, 0) is 9.53 Å². The van der Waals surface area contributed by atoms with Crippen LogP contribution in [-0.4, -0.2) is 26.0 Å². The predicted molar refractivity (Wildman–Crippen MR) is 77.3 cm³/mol. The van der Waals surface area contributed by atoms with Gasteiger partial charge in [0.1, 0.15) is 5.75 Å². The topological polar surface area (TPSA) is 52.6 Å². The molecule has 0 bridgehead atoms. The second kappa shape index (κ2) is 6.89. The van der Waals surface area contributed by atoms with Crippen molar-refractivity contribution in [3.05, 3.63) is 41.0 Å². The minimum absolute atomic E-state index is 0.225. The molecule has 0 aliphatic rings. The van der Waals surface area contributed by atoms with E-state index in [0.29, 0.717) is 5.56 Å². The third-order valence-corrected chi connectivity index (χ3v) is 3.04. The number of rotatable bonds is 5. The fourth-order valence-electron chi connectivity index (χ4n) is 1.89. The number of allylic oxidation sites excluding steroid dienone is 1. The van der Waals surface area contributed by atoms with Gasteiger partial charge in [-0.05, 0) is 42.2 Å². The zero-order valence-corrected chi connectivity index (χ0v) is 12.5. The van der Waals surface area contributed by atoms with E-state index in [1.54, 1.807) is 7.11 Å². The lowest BCUT2D eigenvalue weighted by atomic mass is 9.94. The van der Waals surface area contributed by atoms with Gasteiger partial charge in [-0.25, -0.2) is 4.79 Å². The van der Waals surface area contributed by atoms with Gasteiger partial charge >= 0.3 is 5.97 Å². The Kier molecular flexibility index (Phi) is 5.50. The average molecular weight is 276 g/mol. The van der Waals surface area contributed by atoms with E-state index in [-0.39, 0.29) is 11.7 Å². The summed E-state index contributed by atoms with van der Waals surface area (Å²) < 4.78 is 9.80. The molecule has 0 aliphatic carbocycles. The van der Waals surface area contributed by atoms with Gasteiger partial charge in [0.2, 0.25) is 0 Å². The van der Waals surface area contributed by atoms with Gasteiger partial charge in [0.05, 0.1) is 14.2 Å². The fourth-order valence-corrected chi connectivity index (χ4v) is 1.89. The van der Waals surface area contributed by atoms with Crippen molar-refractivity contribution in [1.82, 2.24) is 0 Å². The highest BCUT2D eigenvalue weighted by atomic mass is 16.5. The lowest BCUT2D eigenvalue weighted by Gasteiger charge is -2.14. The Balaban J connectivity index is 3.18. The monoisotopic (exact) mass is 276 g/mol. The summed E-state index contributed by atoms with van der Waals surface area (Å²) in [5.74, 6) is 0.235. The van der Waals surface area contributed by atoms with E-state index >= 15 is 0 Å². The Morgan fingerprint density at radius 2 is 1.80 bits per heavy atom. The van der Waals surface area contributed by atoms with Gasteiger partial charge < -0.3 is 9.47 Å². The molecule has 0 aromatic heterocycles. The van der Waals surface area contributed by atoms with Crippen LogP contribution in [0.15, 0.2) is 24.3 Å². The largest absolute Gasteiger partial charge is 0.496 e. The third kappa shape index (κ3) is 3.70. The maximum absolute atomic E-state index is 12.1. The second-order valence-corrected chi connectivity index (χ2v) is 4.78. The number of aryl methyl sites for hydroxylation is 1. The summed E-state index contributed by atoms with van der Waals surface area (Å²) in [7, 11) is 2.88. The Morgan fingerprint density at radius 1 is 1.15 bits per heavy atom. The van der Waals surface area contributed by atoms with E-state index in [1.165, 1.54) is 13.2 Å². The zero-order chi connectivity index (χ0) is 15.3. The molecule has 1 aromatic rings. The number of carbonyl (C=O) groups excluding carboxylic acids is 2. The molecule has 0 amide bonds. The first-order valence-electron chi connectivity index (χ1n) is 6.39. The molecule has 0 unspecified atom stereocenters. The average Bonchev–Trinajstić information content (AvgIpc) is 2.43. The van der Waals surface area contributed by atoms with Crippen molar-refractivity contribution in [1.29, 1.82) is 0 Å². The Bertz CT molecular complexity index is 542.